The second-order valence-electron chi connectivity index (χ2n) is 4.79. The Morgan fingerprint density at radius 3 is 2.57 bits per heavy atom. The summed E-state index contributed by atoms with van der Waals surface area (Å²) in [4.78, 5) is 27.7. The second kappa shape index (κ2) is 6.70. The van der Waals surface area contributed by atoms with Crippen LogP contribution in [0.3, 0.4) is 0 Å². The maximum atomic E-state index is 12.2. The predicted octanol–water partition coefficient (Wildman–Crippen LogP) is 2.51. The van der Waals surface area contributed by atoms with Crippen molar-refractivity contribution >= 4 is 23.5 Å². The predicted molar refractivity (Wildman–Crippen MR) is 81.8 cm³/mol. The topological polar surface area (TPSA) is 102 Å². The molecular formula is C15H15ClN2O5. The van der Waals surface area contributed by atoms with Crippen molar-refractivity contribution in [3.63, 3.8) is 0 Å². The van der Waals surface area contributed by atoms with Gasteiger partial charge in [0.2, 0.25) is 5.76 Å². The Morgan fingerprint density at radius 1 is 1.39 bits per heavy atom. The number of carbonyl (C=O) groups is 2. The fraction of sp³-hybridized carbons (Fsp3) is 0.267. The Hall–Kier alpha value is -2.54. The van der Waals surface area contributed by atoms with Crippen molar-refractivity contribution < 1.29 is 23.8 Å². The first-order valence-electron chi connectivity index (χ1n) is 6.64. The smallest absolute Gasteiger partial charge is 0.330 e. The lowest BCUT2D eigenvalue weighted by atomic mass is 10.1. The van der Waals surface area contributed by atoms with Crippen LogP contribution in [0.2, 0.25) is 5.02 Å². The number of nitrogens with one attached hydrogen (secondary N) is 1. The molecule has 2 N–H and O–H groups in total. The van der Waals surface area contributed by atoms with Crippen LogP contribution in [0.25, 0.3) is 0 Å². The van der Waals surface area contributed by atoms with Crippen molar-refractivity contribution in [3.8, 4) is 5.75 Å². The highest BCUT2D eigenvalue weighted by Crippen LogP contribution is 2.28. The summed E-state index contributed by atoms with van der Waals surface area (Å²) in [6, 6.07) is 3.19. The second-order valence-corrected chi connectivity index (χ2v) is 5.19. The van der Waals surface area contributed by atoms with E-state index in [2.05, 4.69) is 10.3 Å². The maximum absolute atomic E-state index is 12.2. The molecule has 0 aliphatic carbocycles. The summed E-state index contributed by atoms with van der Waals surface area (Å²) in [5, 5.41) is 12.0. The molecule has 7 nitrogen and oxygen atoms in total. The highest BCUT2D eigenvalue weighted by Gasteiger charge is 2.26. The molecule has 1 aromatic heterocycles. The van der Waals surface area contributed by atoms with Crippen LogP contribution in [0.4, 0.5) is 0 Å². The summed E-state index contributed by atoms with van der Waals surface area (Å²) >= 11 is 6.00. The number of rotatable bonds is 5. The largest absolute Gasteiger partial charge is 0.495 e. The van der Waals surface area contributed by atoms with Crippen molar-refractivity contribution in [3.05, 3.63) is 46.1 Å². The van der Waals surface area contributed by atoms with Gasteiger partial charge >= 0.3 is 5.97 Å². The number of hydrogen-bond donors (Lipinski definition) is 2. The van der Waals surface area contributed by atoms with E-state index in [1.54, 1.807) is 13.8 Å². The molecule has 8 heteroatoms. The Morgan fingerprint density at radius 2 is 2.09 bits per heavy atom. The SMILES string of the molecule is COc1ccc(C(NC(=O)c2oc(C)nc2C)C(=O)O)cc1Cl. The van der Waals surface area contributed by atoms with E-state index < -0.39 is 17.9 Å². The van der Waals surface area contributed by atoms with Gasteiger partial charge in [-0.05, 0) is 24.6 Å². The first-order valence-corrected chi connectivity index (χ1v) is 7.02. The van der Waals surface area contributed by atoms with Crippen molar-refractivity contribution in [1.82, 2.24) is 10.3 Å². The number of aryl methyl sites for hydroxylation is 2. The van der Waals surface area contributed by atoms with E-state index in [4.69, 9.17) is 20.8 Å². The molecule has 0 aliphatic rings. The fourth-order valence-electron chi connectivity index (χ4n) is 2.09. The Balaban J connectivity index is 2.29. The van der Waals surface area contributed by atoms with Crippen LogP contribution < -0.4 is 10.1 Å². The molecule has 0 fully saturated rings. The molecular weight excluding hydrogens is 324 g/mol. The lowest BCUT2D eigenvalue weighted by Crippen LogP contribution is -2.33. The minimum absolute atomic E-state index is 0.0200. The quantitative estimate of drug-likeness (QED) is 0.868. The Bertz CT molecular complexity index is 756. The molecule has 2 aromatic rings. The molecule has 0 spiro atoms. The molecule has 1 heterocycles. The molecule has 0 radical (unpaired) electrons. The fourth-order valence-corrected chi connectivity index (χ4v) is 2.35. The molecule has 0 saturated carbocycles. The zero-order valence-corrected chi connectivity index (χ0v) is 13.5. The summed E-state index contributed by atoms with van der Waals surface area (Å²) in [5.74, 6) is -1.18. The number of aromatic nitrogens is 1. The number of carboxylic acids is 1. The van der Waals surface area contributed by atoms with Crippen molar-refractivity contribution in [2.75, 3.05) is 7.11 Å². The molecule has 1 unspecified atom stereocenters. The molecule has 1 atom stereocenters. The number of amides is 1. The zero-order valence-electron chi connectivity index (χ0n) is 12.7. The van der Waals surface area contributed by atoms with Gasteiger partial charge in [0.25, 0.3) is 5.91 Å². The molecule has 1 aromatic carbocycles. The summed E-state index contributed by atoms with van der Waals surface area (Å²) < 4.78 is 10.2. The van der Waals surface area contributed by atoms with E-state index >= 15 is 0 Å². The summed E-state index contributed by atoms with van der Waals surface area (Å²) in [5.41, 5.74) is 0.697. The lowest BCUT2D eigenvalue weighted by Gasteiger charge is -2.15. The maximum Gasteiger partial charge on any atom is 0.330 e. The van der Waals surface area contributed by atoms with Crippen LogP contribution in [0.5, 0.6) is 5.75 Å². The van der Waals surface area contributed by atoms with Gasteiger partial charge in [-0.3, -0.25) is 4.79 Å². The lowest BCUT2D eigenvalue weighted by molar-refractivity contribution is -0.139. The van der Waals surface area contributed by atoms with Crippen molar-refractivity contribution in [2.45, 2.75) is 19.9 Å². The third kappa shape index (κ3) is 3.62. The number of carbonyl (C=O) groups excluding carboxylic acids is 1. The van der Waals surface area contributed by atoms with Crippen molar-refractivity contribution in [1.29, 1.82) is 0 Å². The average Bonchev–Trinajstić information content (AvgIpc) is 2.83. The minimum atomic E-state index is -1.28. The van der Waals surface area contributed by atoms with E-state index in [1.807, 2.05) is 0 Å². The number of aliphatic carboxylic acids is 1. The molecule has 122 valence electrons. The Labute approximate surface area is 137 Å². The summed E-state index contributed by atoms with van der Waals surface area (Å²) in [6.45, 7) is 3.20. The average molecular weight is 339 g/mol. The molecule has 0 bridgehead atoms. The number of oxazole rings is 1. The van der Waals surface area contributed by atoms with Crippen LogP contribution in [-0.4, -0.2) is 29.1 Å². The van der Waals surface area contributed by atoms with Crippen LogP contribution in [0.15, 0.2) is 22.6 Å². The number of methoxy groups -OCH3 is 1. The van der Waals surface area contributed by atoms with E-state index in [0.717, 1.165) is 0 Å². The number of benzene rings is 1. The van der Waals surface area contributed by atoms with Gasteiger partial charge in [-0.1, -0.05) is 17.7 Å². The molecule has 2 rings (SSSR count). The third-order valence-electron chi connectivity index (χ3n) is 3.14. The number of ether oxygens (including phenoxy) is 1. The summed E-state index contributed by atoms with van der Waals surface area (Å²) in [6.07, 6.45) is 0. The minimum Gasteiger partial charge on any atom is -0.495 e. The number of hydrogen-bond acceptors (Lipinski definition) is 5. The molecule has 0 saturated heterocycles. The van der Waals surface area contributed by atoms with Gasteiger partial charge in [0.05, 0.1) is 17.8 Å². The third-order valence-corrected chi connectivity index (χ3v) is 3.44. The van der Waals surface area contributed by atoms with Crippen LogP contribution >= 0.6 is 11.6 Å². The summed E-state index contributed by atoms with van der Waals surface area (Å²) in [7, 11) is 1.45. The van der Waals surface area contributed by atoms with Crippen LogP contribution in [-0.2, 0) is 4.79 Å². The van der Waals surface area contributed by atoms with Crippen molar-refractivity contribution in [2.24, 2.45) is 0 Å². The van der Waals surface area contributed by atoms with E-state index in [9.17, 15) is 14.7 Å². The zero-order chi connectivity index (χ0) is 17.1. The normalized spacial score (nSPS) is 11.8. The van der Waals surface area contributed by atoms with Crippen LogP contribution in [0.1, 0.15) is 33.7 Å². The van der Waals surface area contributed by atoms with Gasteiger partial charge in [0.15, 0.2) is 11.9 Å². The highest BCUT2D eigenvalue weighted by atomic mass is 35.5. The van der Waals surface area contributed by atoms with Crippen LogP contribution in [0, 0.1) is 13.8 Å². The molecule has 1 amide bonds. The van der Waals surface area contributed by atoms with Gasteiger partial charge in [0.1, 0.15) is 5.75 Å². The van der Waals surface area contributed by atoms with Gasteiger partial charge in [0, 0.05) is 6.92 Å². The molecule has 23 heavy (non-hydrogen) atoms. The highest BCUT2D eigenvalue weighted by molar-refractivity contribution is 6.32. The van der Waals surface area contributed by atoms with Gasteiger partial charge in [-0.25, -0.2) is 9.78 Å². The number of carboxylic acid groups (broad SMARTS) is 1. The monoisotopic (exact) mass is 338 g/mol. The standard InChI is InChI=1S/C15H15ClN2O5/c1-7-13(23-8(2)17-7)14(19)18-12(15(20)21)9-4-5-11(22-3)10(16)6-9/h4-6,12H,1-3H3,(H,18,19)(H,20,21). The van der Waals surface area contributed by atoms with Gasteiger partial charge in [-0.2, -0.15) is 0 Å². The molecule has 0 aliphatic heterocycles. The Kier molecular flexibility index (Phi) is 4.90. The first kappa shape index (κ1) is 16.8. The number of nitrogens with zero attached hydrogens (tertiary/aromatic N) is 1. The van der Waals surface area contributed by atoms with Gasteiger partial charge < -0.3 is 19.6 Å². The van der Waals surface area contributed by atoms with Gasteiger partial charge in [-0.15, -0.1) is 0 Å². The number of halogens is 1. The van der Waals surface area contributed by atoms with E-state index in [0.29, 0.717) is 22.9 Å². The first-order chi connectivity index (χ1) is 10.8. The van der Waals surface area contributed by atoms with E-state index in [1.165, 1.54) is 25.3 Å². The van der Waals surface area contributed by atoms with E-state index in [-0.39, 0.29) is 10.8 Å².